The Bertz CT molecular complexity index is 1090. The molecule has 34 heavy (non-hydrogen) atoms. The van der Waals surface area contributed by atoms with Gasteiger partial charge < -0.3 is 23.8 Å². The van der Waals surface area contributed by atoms with Gasteiger partial charge in [0.25, 0.3) is 0 Å². The van der Waals surface area contributed by atoms with Gasteiger partial charge in [0.2, 0.25) is 15.9 Å². The number of amides is 1. The predicted molar refractivity (Wildman–Crippen MR) is 127 cm³/mol. The Hall–Kier alpha value is -2.98. The molecule has 1 aliphatic heterocycles. The second-order valence-electron chi connectivity index (χ2n) is 7.92. The maximum Gasteiger partial charge on any atom is 0.240 e. The number of fused-ring (bicyclic) bond motifs is 1. The standard InChI is InChI=1S/C24H32N2O7S/c1-26(17-18-8-7-9-21(30-2)24(18)31-3)23(27)10-5-4-6-13-25-34(28,29)19-11-12-20-22(16-19)33-15-14-32-20/h7-9,11-12,16,25H,4-6,10,13-15,17H2,1-3H3. The van der Waals surface area contributed by atoms with Gasteiger partial charge in [0.05, 0.1) is 19.1 Å². The van der Waals surface area contributed by atoms with Crippen LogP contribution in [-0.4, -0.2) is 60.3 Å². The van der Waals surface area contributed by atoms with Gasteiger partial charge in [-0.25, -0.2) is 13.1 Å². The Kier molecular flexibility index (Phi) is 9.00. The fraction of sp³-hybridized carbons (Fsp3) is 0.458. The van der Waals surface area contributed by atoms with Gasteiger partial charge in [-0.05, 0) is 31.0 Å². The average molecular weight is 493 g/mol. The Balaban J connectivity index is 1.40. The number of hydrogen-bond acceptors (Lipinski definition) is 7. The number of methoxy groups -OCH3 is 2. The topological polar surface area (TPSA) is 103 Å². The smallest absolute Gasteiger partial charge is 0.240 e. The van der Waals surface area contributed by atoms with Crippen molar-refractivity contribution in [2.75, 3.05) is 41.0 Å². The van der Waals surface area contributed by atoms with Crippen molar-refractivity contribution in [2.24, 2.45) is 0 Å². The Labute approximate surface area is 201 Å². The van der Waals surface area contributed by atoms with Crippen molar-refractivity contribution in [3.8, 4) is 23.0 Å². The zero-order valence-electron chi connectivity index (χ0n) is 19.8. The molecule has 1 aliphatic rings. The van der Waals surface area contributed by atoms with E-state index in [1.54, 1.807) is 32.2 Å². The molecule has 0 bridgehead atoms. The predicted octanol–water partition coefficient (Wildman–Crippen LogP) is 2.97. The zero-order chi connectivity index (χ0) is 24.6. The van der Waals surface area contributed by atoms with Gasteiger partial charge in [-0.1, -0.05) is 18.6 Å². The third-order valence-corrected chi connectivity index (χ3v) is 6.96. The number of carbonyl (C=O) groups is 1. The fourth-order valence-electron chi connectivity index (χ4n) is 3.67. The molecule has 0 aromatic heterocycles. The van der Waals surface area contributed by atoms with Gasteiger partial charge in [-0.15, -0.1) is 0 Å². The molecule has 0 spiro atoms. The first-order valence-corrected chi connectivity index (χ1v) is 12.7. The summed E-state index contributed by atoms with van der Waals surface area (Å²) in [6.45, 7) is 1.55. The third-order valence-electron chi connectivity index (χ3n) is 5.50. The van der Waals surface area contributed by atoms with Crippen LogP contribution in [0.15, 0.2) is 41.3 Å². The maximum atomic E-state index is 12.5. The first-order chi connectivity index (χ1) is 16.4. The summed E-state index contributed by atoms with van der Waals surface area (Å²) in [6, 6.07) is 10.2. The zero-order valence-corrected chi connectivity index (χ0v) is 20.7. The summed E-state index contributed by atoms with van der Waals surface area (Å²) in [6.07, 6.45) is 2.41. The monoisotopic (exact) mass is 492 g/mol. The summed E-state index contributed by atoms with van der Waals surface area (Å²) in [5.41, 5.74) is 0.867. The highest BCUT2D eigenvalue weighted by Crippen LogP contribution is 2.32. The van der Waals surface area contributed by atoms with Crippen LogP contribution in [0.3, 0.4) is 0 Å². The van der Waals surface area contributed by atoms with E-state index in [1.807, 2.05) is 18.2 Å². The highest BCUT2D eigenvalue weighted by atomic mass is 32.2. The first kappa shape index (κ1) is 25.6. The molecular weight excluding hydrogens is 460 g/mol. The van der Waals surface area contributed by atoms with Crippen molar-refractivity contribution in [3.05, 3.63) is 42.0 Å². The molecular formula is C24H32N2O7S. The molecule has 186 valence electrons. The van der Waals surface area contributed by atoms with Crippen molar-refractivity contribution < 1.29 is 32.2 Å². The van der Waals surface area contributed by atoms with E-state index < -0.39 is 10.0 Å². The van der Waals surface area contributed by atoms with E-state index in [4.69, 9.17) is 18.9 Å². The van der Waals surface area contributed by atoms with E-state index in [9.17, 15) is 13.2 Å². The normalized spacial score (nSPS) is 12.8. The molecule has 1 heterocycles. The Morgan fingerprint density at radius 2 is 1.79 bits per heavy atom. The molecule has 0 fully saturated rings. The minimum atomic E-state index is -3.64. The first-order valence-electron chi connectivity index (χ1n) is 11.2. The van der Waals surface area contributed by atoms with E-state index in [1.165, 1.54) is 12.1 Å². The summed E-state index contributed by atoms with van der Waals surface area (Å²) in [5, 5.41) is 0. The number of rotatable bonds is 12. The van der Waals surface area contributed by atoms with Gasteiger partial charge in [0.1, 0.15) is 13.2 Å². The average Bonchev–Trinajstić information content (AvgIpc) is 2.85. The van der Waals surface area contributed by atoms with Crippen molar-refractivity contribution in [3.63, 3.8) is 0 Å². The quantitative estimate of drug-likeness (QED) is 0.454. The van der Waals surface area contributed by atoms with Crippen molar-refractivity contribution in [2.45, 2.75) is 37.1 Å². The molecule has 0 aliphatic carbocycles. The van der Waals surface area contributed by atoms with Crippen molar-refractivity contribution in [1.29, 1.82) is 0 Å². The van der Waals surface area contributed by atoms with Crippen LogP contribution < -0.4 is 23.7 Å². The molecule has 0 atom stereocenters. The second-order valence-corrected chi connectivity index (χ2v) is 9.68. The molecule has 1 N–H and O–H groups in total. The largest absolute Gasteiger partial charge is 0.493 e. The lowest BCUT2D eigenvalue weighted by atomic mass is 10.1. The molecule has 2 aromatic carbocycles. The van der Waals surface area contributed by atoms with Crippen molar-refractivity contribution >= 4 is 15.9 Å². The van der Waals surface area contributed by atoms with E-state index in [-0.39, 0.29) is 10.8 Å². The molecule has 10 heteroatoms. The summed E-state index contributed by atoms with van der Waals surface area (Å²) in [5.74, 6) is 2.24. The van der Waals surface area contributed by atoms with Crippen LogP contribution in [-0.2, 0) is 21.4 Å². The number of carbonyl (C=O) groups excluding carboxylic acids is 1. The van der Waals surface area contributed by atoms with Crippen LogP contribution in [0.1, 0.15) is 31.2 Å². The van der Waals surface area contributed by atoms with Gasteiger partial charge in [0.15, 0.2) is 23.0 Å². The maximum absolute atomic E-state index is 12.5. The number of benzene rings is 2. The number of unbranched alkanes of at least 4 members (excludes halogenated alkanes) is 2. The lowest BCUT2D eigenvalue weighted by Gasteiger charge is -2.20. The Morgan fingerprint density at radius 1 is 1.03 bits per heavy atom. The summed E-state index contributed by atoms with van der Waals surface area (Å²) >= 11 is 0. The van der Waals surface area contributed by atoms with Crippen LogP contribution in [0, 0.1) is 0 Å². The highest BCUT2D eigenvalue weighted by molar-refractivity contribution is 7.89. The molecule has 0 saturated heterocycles. The van der Waals surface area contributed by atoms with Crippen LogP contribution in [0.2, 0.25) is 0 Å². The van der Waals surface area contributed by atoms with Gasteiger partial charge in [-0.3, -0.25) is 4.79 Å². The number of sulfonamides is 1. The molecule has 0 saturated carbocycles. The number of nitrogens with one attached hydrogen (secondary N) is 1. The minimum Gasteiger partial charge on any atom is -0.493 e. The van der Waals surface area contributed by atoms with E-state index in [0.717, 1.165) is 12.0 Å². The summed E-state index contributed by atoms with van der Waals surface area (Å²) < 4.78 is 49.3. The molecule has 1 amide bonds. The number of para-hydroxylation sites is 1. The van der Waals surface area contributed by atoms with Gasteiger partial charge in [0, 0.05) is 38.2 Å². The van der Waals surface area contributed by atoms with Crippen LogP contribution in [0.4, 0.5) is 0 Å². The van der Waals surface area contributed by atoms with Crippen LogP contribution in [0.5, 0.6) is 23.0 Å². The molecule has 2 aromatic rings. The summed E-state index contributed by atoms with van der Waals surface area (Å²) in [4.78, 5) is 14.3. The van der Waals surface area contributed by atoms with Crippen molar-refractivity contribution in [1.82, 2.24) is 9.62 Å². The number of hydrogen-bond donors (Lipinski definition) is 1. The third kappa shape index (κ3) is 6.54. The second kappa shape index (κ2) is 11.9. The SMILES string of the molecule is COc1cccc(CN(C)C(=O)CCCCCNS(=O)(=O)c2ccc3c(c2)OCCO3)c1OC. The minimum absolute atomic E-state index is 0.0155. The van der Waals surface area contributed by atoms with Gasteiger partial charge in [-0.2, -0.15) is 0 Å². The van der Waals surface area contributed by atoms with Gasteiger partial charge >= 0.3 is 0 Å². The lowest BCUT2D eigenvalue weighted by Crippen LogP contribution is -2.26. The lowest BCUT2D eigenvalue weighted by molar-refractivity contribution is -0.130. The number of ether oxygens (including phenoxy) is 4. The van der Waals surface area contributed by atoms with E-state index in [2.05, 4.69) is 4.72 Å². The molecule has 0 radical (unpaired) electrons. The highest BCUT2D eigenvalue weighted by Gasteiger charge is 2.19. The van der Waals surface area contributed by atoms with Crippen LogP contribution in [0.25, 0.3) is 0 Å². The van der Waals surface area contributed by atoms with E-state index in [0.29, 0.717) is 68.6 Å². The molecule has 0 unspecified atom stereocenters. The number of nitrogens with zero attached hydrogens (tertiary/aromatic N) is 1. The van der Waals surface area contributed by atoms with E-state index >= 15 is 0 Å². The molecule has 9 nitrogen and oxygen atoms in total. The van der Waals surface area contributed by atoms with Crippen LogP contribution >= 0.6 is 0 Å². The fourth-order valence-corrected chi connectivity index (χ4v) is 4.76. The molecule has 3 rings (SSSR count). The Morgan fingerprint density at radius 3 is 2.53 bits per heavy atom. The summed E-state index contributed by atoms with van der Waals surface area (Å²) in [7, 11) is 1.26.